The molecule has 0 aromatic heterocycles. The average molecular weight is 289 g/mol. The van der Waals surface area contributed by atoms with E-state index in [0.717, 1.165) is 12.1 Å². The van der Waals surface area contributed by atoms with Crippen LogP contribution in [0, 0.1) is 0 Å². The third kappa shape index (κ3) is 1.76. The lowest BCUT2D eigenvalue weighted by Crippen LogP contribution is -2.52. The molecule has 1 heterocycles. The average Bonchev–Trinajstić information content (AvgIpc) is 3.11. The number of ether oxygens (including phenoxy) is 2. The summed E-state index contributed by atoms with van der Waals surface area (Å²) in [5, 5.41) is 0. The van der Waals surface area contributed by atoms with Gasteiger partial charge in [-0.2, -0.15) is 22.6 Å². The highest BCUT2D eigenvalue weighted by Gasteiger charge is 2.66. The van der Waals surface area contributed by atoms with Crippen molar-refractivity contribution in [3.05, 3.63) is 23.8 Å². The number of isocyanates is 1. The lowest BCUT2D eigenvalue weighted by Gasteiger charge is -2.32. The molecule has 4 nitrogen and oxygen atoms in total. The highest BCUT2D eigenvalue weighted by atomic mass is 19.3. The van der Waals surface area contributed by atoms with Gasteiger partial charge in [0.25, 0.3) is 0 Å². The maximum absolute atomic E-state index is 13.1. The van der Waals surface area contributed by atoms with Crippen LogP contribution >= 0.6 is 0 Å². The van der Waals surface area contributed by atoms with Crippen LogP contribution in [0.2, 0.25) is 0 Å². The number of benzene rings is 1. The van der Waals surface area contributed by atoms with Crippen LogP contribution in [0.15, 0.2) is 23.2 Å². The minimum absolute atomic E-state index is 0.421. The summed E-state index contributed by atoms with van der Waals surface area (Å²) < 4.78 is 60.1. The molecule has 0 amide bonds. The van der Waals surface area contributed by atoms with E-state index in [0.29, 0.717) is 18.4 Å². The van der Waals surface area contributed by atoms with Crippen molar-refractivity contribution in [2.24, 2.45) is 4.99 Å². The molecule has 0 spiro atoms. The Morgan fingerprint density at radius 3 is 2.20 bits per heavy atom. The van der Waals surface area contributed by atoms with Crippen molar-refractivity contribution in [3.8, 4) is 11.5 Å². The molecule has 0 atom stereocenters. The molecule has 1 fully saturated rings. The van der Waals surface area contributed by atoms with Crippen LogP contribution in [0.4, 0.5) is 17.6 Å². The Labute approximate surface area is 110 Å². The summed E-state index contributed by atoms with van der Waals surface area (Å²) in [6, 6.07) is 3.61. The van der Waals surface area contributed by atoms with E-state index in [-0.39, 0.29) is 0 Å². The number of aliphatic imine (C=N–C) groups is 1. The molecule has 1 aromatic carbocycles. The Morgan fingerprint density at radius 1 is 1.05 bits per heavy atom. The van der Waals surface area contributed by atoms with E-state index in [9.17, 15) is 22.4 Å². The van der Waals surface area contributed by atoms with E-state index in [4.69, 9.17) is 0 Å². The van der Waals surface area contributed by atoms with Crippen LogP contribution < -0.4 is 9.47 Å². The molecule has 0 N–H and O–H groups in total. The molecule has 0 radical (unpaired) electrons. The normalized spacial score (nSPS) is 23.6. The van der Waals surface area contributed by atoms with Crippen LogP contribution in [0.25, 0.3) is 0 Å². The lowest BCUT2D eigenvalue weighted by molar-refractivity contribution is -0.391. The van der Waals surface area contributed by atoms with Gasteiger partial charge in [0.05, 0.1) is 5.54 Å². The number of alkyl halides is 4. The highest BCUT2D eigenvalue weighted by molar-refractivity contribution is 5.49. The third-order valence-electron chi connectivity index (χ3n) is 3.28. The van der Waals surface area contributed by atoms with Crippen LogP contribution in [0.1, 0.15) is 18.4 Å². The summed E-state index contributed by atoms with van der Waals surface area (Å²) in [5.74, 6) is -0.999. The summed E-state index contributed by atoms with van der Waals surface area (Å²) in [7, 11) is 0. The summed E-state index contributed by atoms with van der Waals surface area (Å²) >= 11 is 0. The first-order chi connectivity index (χ1) is 9.30. The van der Waals surface area contributed by atoms with Gasteiger partial charge in [0.15, 0.2) is 11.5 Å². The Bertz CT molecular complexity index is 621. The van der Waals surface area contributed by atoms with Crippen LogP contribution in [0.3, 0.4) is 0 Å². The van der Waals surface area contributed by atoms with E-state index < -0.39 is 29.3 Å². The molecule has 0 saturated heterocycles. The van der Waals surface area contributed by atoms with Crippen molar-refractivity contribution in [2.75, 3.05) is 0 Å². The highest BCUT2D eigenvalue weighted by Crippen LogP contribution is 2.53. The number of hydrogen-bond donors (Lipinski definition) is 0. The fraction of sp³-hybridized carbons (Fsp3) is 0.417. The zero-order chi connectivity index (χ0) is 14.6. The number of carbonyl (C=O) groups excluding carboxylic acids is 1. The number of fused-ring (bicyclic) bond motifs is 1. The molecule has 8 heteroatoms. The lowest BCUT2D eigenvalue weighted by atomic mass is 10.0. The molecule has 20 heavy (non-hydrogen) atoms. The van der Waals surface area contributed by atoms with E-state index >= 15 is 0 Å². The molecule has 1 aliphatic heterocycles. The first-order valence-corrected chi connectivity index (χ1v) is 5.67. The van der Waals surface area contributed by atoms with Gasteiger partial charge in [-0.15, -0.1) is 0 Å². The van der Waals surface area contributed by atoms with E-state index in [2.05, 4.69) is 14.5 Å². The zero-order valence-corrected chi connectivity index (χ0v) is 9.83. The summed E-state index contributed by atoms with van der Waals surface area (Å²) in [4.78, 5) is 14.0. The molecule has 2 aliphatic rings. The predicted molar refractivity (Wildman–Crippen MR) is 56.6 cm³/mol. The van der Waals surface area contributed by atoms with Gasteiger partial charge in [0.1, 0.15) is 0 Å². The second kappa shape index (κ2) is 3.73. The fourth-order valence-electron chi connectivity index (χ4n) is 2.03. The standard InChI is InChI=1S/C12H7F4NO3/c13-11(14)12(15,16)20-9-5-7(1-2-8(9)19-11)10(3-4-10)17-6-18/h1-2,5H,3-4H2. The van der Waals surface area contributed by atoms with Crippen molar-refractivity contribution in [1.82, 2.24) is 0 Å². The number of hydrogen-bond acceptors (Lipinski definition) is 4. The van der Waals surface area contributed by atoms with E-state index in [1.165, 1.54) is 12.1 Å². The van der Waals surface area contributed by atoms with Gasteiger partial charge in [0, 0.05) is 0 Å². The van der Waals surface area contributed by atoms with Gasteiger partial charge < -0.3 is 9.47 Å². The number of halogens is 4. The molecular formula is C12H7F4NO3. The molecule has 106 valence electrons. The first-order valence-electron chi connectivity index (χ1n) is 5.67. The predicted octanol–water partition coefficient (Wildman–Crippen LogP) is 2.97. The fourth-order valence-corrected chi connectivity index (χ4v) is 2.03. The molecule has 1 aliphatic carbocycles. The van der Waals surface area contributed by atoms with Crippen molar-refractivity contribution in [3.63, 3.8) is 0 Å². The first kappa shape index (κ1) is 12.9. The van der Waals surface area contributed by atoms with Crippen molar-refractivity contribution >= 4 is 6.08 Å². The van der Waals surface area contributed by atoms with Gasteiger partial charge in [-0.1, -0.05) is 6.07 Å². The van der Waals surface area contributed by atoms with E-state index in [1.54, 1.807) is 0 Å². The van der Waals surface area contributed by atoms with Crippen LogP contribution in [-0.4, -0.2) is 18.3 Å². The van der Waals surface area contributed by atoms with Crippen molar-refractivity contribution in [2.45, 2.75) is 30.6 Å². The van der Waals surface area contributed by atoms with Crippen LogP contribution in [0.5, 0.6) is 11.5 Å². The maximum atomic E-state index is 13.1. The Balaban J connectivity index is 2.01. The SMILES string of the molecule is O=C=NC1(c2ccc3c(c2)OC(F)(F)C(F)(F)O3)CC1. The largest absolute Gasteiger partial charge is 0.507 e. The topological polar surface area (TPSA) is 47.9 Å². The minimum atomic E-state index is -4.76. The van der Waals surface area contributed by atoms with Crippen LogP contribution in [-0.2, 0) is 10.3 Å². The van der Waals surface area contributed by atoms with Gasteiger partial charge in [0.2, 0.25) is 6.08 Å². The summed E-state index contributed by atoms with van der Waals surface area (Å²) in [6.07, 6.45) is -6.98. The van der Waals surface area contributed by atoms with E-state index in [1.807, 2.05) is 0 Å². The van der Waals surface area contributed by atoms with Crippen molar-refractivity contribution < 1.29 is 31.8 Å². The monoisotopic (exact) mass is 289 g/mol. The van der Waals surface area contributed by atoms with Gasteiger partial charge >= 0.3 is 12.2 Å². The van der Waals surface area contributed by atoms with Gasteiger partial charge in [-0.3, -0.25) is 0 Å². The van der Waals surface area contributed by atoms with Crippen molar-refractivity contribution in [1.29, 1.82) is 0 Å². The Kier molecular flexibility index (Phi) is 2.41. The Morgan fingerprint density at radius 2 is 1.65 bits per heavy atom. The Hall–Kier alpha value is -2.08. The molecule has 1 saturated carbocycles. The molecule has 1 aromatic rings. The summed E-state index contributed by atoms with van der Waals surface area (Å²) in [5.41, 5.74) is -0.390. The molecular weight excluding hydrogens is 282 g/mol. The maximum Gasteiger partial charge on any atom is 0.507 e. The van der Waals surface area contributed by atoms with Gasteiger partial charge in [-0.25, -0.2) is 4.79 Å². The molecule has 0 bridgehead atoms. The third-order valence-corrected chi connectivity index (χ3v) is 3.28. The number of rotatable bonds is 2. The molecule has 3 rings (SSSR count). The second-order valence-electron chi connectivity index (χ2n) is 4.63. The smallest absolute Gasteiger partial charge is 0.421 e. The zero-order valence-electron chi connectivity index (χ0n) is 9.83. The molecule has 0 unspecified atom stereocenters. The summed E-state index contributed by atoms with van der Waals surface area (Å²) in [6.45, 7) is 0. The van der Waals surface area contributed by atoms with Gasteiger partial charge in [-0.05, 0) is 30.5 Å². The second-order valence-corrected chi connectivity index (χ2v) is 4.63. The minimum Gasteiger partial charge on any atom is -0.421 e. The number of nitrogens with zero attached hydrogens (tertiary/aromatic N) is 1. The quantitative estimate of drug-likeness (QED) is 0.478.